The van der Waals surface area contributed by atoms with Gasteiger partial charge in [0.1, 0.15) is 23.1 Å². The van der Waals surface area contributed by atoms with Crippen molar-refractivity contribution in [3.8, 4) is 27.6 Å². The van der Waals surface area contributed by atoms with Gasteiger partial charge in [0, 0.05) is 17.0 Å². The Labute approximate surface area is 302 Å². The van der Waals surface area contributed by atoms with Crippen molar-refractivity contribution in [2.45, 2.75) is 56.8 Å². The molecule has 1 aliphatic carbocycles. The molecule has 53 heavy (non-hydrogen) atoms. The van der Waals surface area contributed by atoms with Crippen LogP contribution in [-0.4, -0.2) is 44.6 Å². The highest BCUT2D eigenvalue weighted by Gasteiger charge is 2.45. The number of aromatic nitrogens is 4. The van der Waals surface area contributed by atoms with E-state index in [1.54, 1.807) is 30.2 Å². The lowest BCUT2D eigenvalue weighted by Crippen LogP contribution is -2.22. The van der Waals surface area contributed by atoms with Crippen molar-refractivity contribution in [3.05, 3.63) is 110 Å². The predicted molar refractivity (Wildman–Crippen MR) is 188 cm³/mol. The monoisotopic (exact) mass is 742 g/mol. The first-order valence-corrected chi connectivity index (χ1v) is 18.0. The summed E-state index contributed by atoms with van der Waals surface area (Å²) in [5.74, 6) is -0.765. The third-order valence-corrected chi connectivity index (χ3v) is 11.5. The van der Waals surface area contributed by atoms with Crippen LogP contribution in [0, 0.1) is 5.82 Å². The quantitative estimate of drug-likeness (QED) is 0.150. The van der Waals surface area contributed by atoms with E-state index in [1.807, 2.05) is 18.2 Å². The molecule has 1 fully saturated rings. The van der Waals surface area contributed by atoms with Gasteiger partial charge in [0.15, 0.2) is 0 Å². The van der Waals surface area contributed by atoms with E-state index < -0.39 is 17.6 Å². The molecule has 9 rings (SSSR count). The van der Waals surface area contributed by atoms with Gasteiger partial charge in [-0.05, 0) is 90.9 Å². The Bertz CT molecular complexity index is 2490. The number of ether oxygens (including phenoxy) is 1. The lowest BCUT2D eigenvalue weighted by Gasteiger charge is -2.17. The first kappa shape index (κ1) is 33.3. The van der Waals surface area contributed by atoms with Crippen LogP contribution in [0.4, 0.5) is 23.4 Å². The number of H-pyrrole nitrogens is 1. The molecular weight excluding hydrogens is 713 g/mol. The third-order valence-electron chi connectivity index (χ3n) is 10.4. The highest BCUT2D eigenvalue weighted by Crippen LogP contribution is 2.51. The Morgan fingerprint density at radius 3 is 2.62 bits per heavy atom. The largest absolute Gasteiger partial charge is 0.496 e. The number of nitrogens with zero attached hydrogens (tertiary/aromatic N) is 4. The molecule has 2 aliphatic heterocycles. The Kier molecular flexibility index (Phi) is 7.87. The number of aryl methyl sites for hydroxylation is 2. The van der Waals surface area contributed by atoms with Crippen LogP contribution in [0.2, 0.25) is 0 Å². The van der Waals surface area contributed by atoms with E-state index in [-0.39, 0.29) is 40.9 Å². The summed E-state index contributed by atoms with van der Waals surface area (Å²) < 4.78 is 68.4. The number of benzene rings is 2. The van der Waals surface area contributed by atoms with Crippen LogP contribution in [0.5, 0.6) is 5.75 Å². The number of amides is 1. The van der Waals surface area contributed by atoms with Crippen molar-refractivity contribution in [1.29, 1.82) is 0 Å². The molecule has 6 heterocycles. The SMILES string of the molecule is COc1cccc2c1CC[C@H]2Nc1nc(C(F)(F)F)cc2cc(-c3c4c(nc(CCc5ccc(F)cc5)c3-c3n[nH]c(=O)o3)[C@H]3CCCN3C4=O)sc12. The standard InChI is InChI=1S/C38H30F4N6O4S/c1-51-26-6-2-4-21-22(26)12-14-23(21)44-34-33-19(17-28(45-34)38(40,41)42)16-27(53-33)30-29(35-46-47-37(50)52-35)24(13-9-18-7-10-20(39)11-8-18)43-32-25-5-3-15-48(25)36(49)31(30)32/h2,4,6-8,10-11,16-17,23,25H,3,5,9,12-15H2,1H3,(H,44,45)(H,47,50)/t23-,25-/m1/s1. The van der Waals surface area contributed by atoms with Gasteiger partial charge in [0.2, 0.25) is 0 Å². The minimum absolute atomic E-state index is 0.0637. The maximum Gasteiger partial charge on any atom is 0.434 e. The van der Waals surface area contributed by atoms with Crippen molar-refractivity contribution >= 4 is 33.1 Å². The third kappa shape index (κ3) is 5.64. The molecule has 15 heteroatoms. The number of carbonyl (C=O) groups is 1. The lowest BCUT2D eigenvalue weighted by molar-refractivity contribution is -0.141. The number of pyridine rings is 2. The van der Waals surface area contributed by atoms with E-state index >= 15 is 0 Å². The molecule has 270 valence electrons. The molecule has 0 bridgehead atoms. The molecule has 4 aromatic heterocycles. The number of nitrogens with one attached hydrogen (secondary N) is 2. The summed E-state index contributed by atoms with van der Waals surface area (Å²) >= 11 is 1.19. The zero-order valence-corrected chi connectivity index (χ0v) is 29.0. The topological polar surface area (TPSA) is 126 Å². The molecule has 0 spiro atoms. The van der Waals surface area contributed by atoms with Gasteiger partial charge in [-0.3, -0.25) is 9.78 Å². The van der Waals surface area contributed by atoms with Crippen LogP contribution in [0.3, 0.4) is 0 Å². The summed E-state index contributed by atoms with van der Waals surface area (Å²) in [5.41, 5.74) is 3.73. The van der Waals surface area contributed by atoms with Crippen molar-refractivity contribution in [2.24, 2.45) is 0 Å². The predicted octanol–water partition coefficient (Wildman–Crippen LogP) is 8.04. The Balaban J connectivity index is 1.25. The highest BCUT2D eigenvalue weighted by atomic mass is 32.1. The molecule has 0 radical (unpaired) electrons. The van der Waals surface area contributed by atoms with Crippen molar-refractivity contribution in [2.75, 3.05) is 19.0 Å². The second-order valence-electron chi connectivity index (χ2n) is 13.4. The number of halogens is 4. The Morgan fingerprint density at radius 1 is 1.04 bits per heavy atom. The van der Waals surface area contributed by atoms with E-state index in [4.69, 9.17) is 14.1 Å². The number of anilines is 1. The fourth-order valence-corrected chi connectivity index (χ4v) is 9.15. The summed E-state index contributed by atoms with van der Waals surface area (Å²) in [6.07, 6.45) is -1.20. The molecule has 2 aromatic carbocycles. The summed E-state index contributed by atoms with van der Waals surface area (Å²) in [5, 5.41) is 10.0. The van der Waals surface area contributed by atoms with Gasteiger partial charge in [0.25, 0.3) is 11.8 Å². The van der Waals surface area contributed by atoms with Crippen LogP contribution in [0.15, 0.2) is 63.8 Å². The van der Waals surface area contributed by atoms with E-state index in [2.05, 4.69) is 20.5 Å². The normalized spacial score (nSPS) is 17.8. The first-order valence-electron chi connectivity index (χ1n) is 17.2. The van der Waals surface area contributed by atoms with Crippen LogP contribution in [0.25, 0.3) is 32.0 Å². The molecule has 2 atom stereocenters. The zero-order valence-electron chi connectivity index (χ0n) is 28.1. The van der Waals surface area contributed by atoms with Crippen LogP contribution >= 0.6 is 11.3 Å². The van der Waals surface area contributed by atoms with Gasteiger partial charge in [-0.15, -0.1) is 16.4 Å². The second-order valence-corrected chi connectivity index (χ2v) is 14.5. The van der Waals surface area contributed by atoms with Gasteiger partial charge in [-0.2, -0.15) is 13.2 Å². The molecule has 0 unspecified atom stereocenters. The number of thiophene rings is 1. The average molecular weight is 743 g/mol. The maximum atomic E-state index is 14.4. The van der Waals surface area contributed by atoms with Gasteiger partial charge >= 0.3 is 11.9 Å². The molecule has 2 N–H and O–H groups in total. The lowest BCUT2D eigenvalue weighted by atomic mass is 9.93. The summed E-state index contributed by atoms with van der Waals surface area (Å²) in [6.45, 7) is 0.532. The number of rotatable bonds is 8. The first-order chi connectivity index (χ1) is 25.6. The van der Waals surface area contributed by atoms with E-state index in [9.17, 15) is 27.2 Å². The number of alkyl halides is 3. The zero-order chi connectivity index (χ0) is 36.6. The molecule has 0 saturated carbocycles. The molecule has 10 nitrogen and oxygen atoms in total. The summed E-state index contributed by atoms with van der Waals surface area (Å²) in [6, 6.07) is 13.8. The van der Waals surface area contributed by atoms with Gasteiger partial charge < -0.3 is 19.4 Å². The van der Waals surface area contributed by atoms with E-state index in [0.717, 1.165) is 34.9 Å². The smallest absolute Gasteiger partial charge is 0.434 e. The van der Waals surface area contributed by atoms with Crippen LogP contribution in [0.1, 0.15) is 75.5 Å². The Morgan fingerprint density at radius 2 is 1.87 bits per heavy atom. The minimum atomic E-state index is -4.74. The number of hydrogen-bond acceptors (Lipinski definition) is 9. The fourth-order valence-electron chi connectivity index (χ4n) is 8.00. The molecule has 1 saturated heterocycles. The van der Waals surface area contributed by atoms with Crippen molar-refractivity contribution in [3.63, 3.8) is 0 Å². The molecule has 3 aliphatic rings. The van der Waals surface area contributed by atoms with Crippen molar-refractivity contribution < 1.29 is 31.5 Å². The number of hydrogen-bond donors (Lipinski definition) is 2. The van der Waals surface area contributed by atoms with Crippen molar-refractivity contribution in [1.82, 2.24) is 25.1 Å². The van der Waals surface area contributed by atoms with Crippen LogP contribution in [-0.2, 0) is 25.4 Å². The second kappa shape index (κ2) is 12.5. The maximum absolute atomic E-state index is 14.4. The van der Waals surface area contributed by atoms with Gasteiger partial charge in [0.05, 0.1) is 46.4 Å². The Hall–Kier alpha value is -5.57. The fraction of sp³-hybridized carbons (Fsp3) is 0.289. The number of methoxy groups -OCH3 is 1. The highest BCUT2D eigenvalue weighted by molar-refractivity contribution is 7.23. The van der Waals surface area contributed by atoms with E-state index in [0.29, 0.717) is 76.3 Å². The number of fused-ring (bicyclic) bond motifs is 5. The van der Waals surface area contributed by atoms with Gasteiger partial charge in [-0.25, -0.2) is 19.3 Å². The molecule has 6 aromatic rings. The molecule has 1 amide bonds. The summed E-state index contributed by atoms with van der Waals surface area (Å²) in [7, 11) is 1.59. The number of aromatic amines is 1. The average Bonchev–Trinajstić information content (AvgIpc) is 3.98. The number of carbonyl (C=O) groups excluding carboxylic acids is 1. The molecular formula is C38H30F4N6O4S. The summed E-state index contributed by atoms with van der Waals surface area (Å²) in [4.78, 5) is 37.9. The van der Waals surface area contributed by atoms with E-state index in [1.165, 1.54) is 23.5 Å². The minimum Gasteiger partial charge on any atom is -0.496 e. The van der Waals surface area contributed by atoms with Crippen LogP contribution < -0.4 is 15.8 Å². The van der Waals surface area contributed by atoms with Gasteiger partial charge in [-0.1, -0.05) is 24.3 Å².